The molecule has 0 saturated heterocycles. The molecule has 0 atom stereocenters. The average molecular weight is 396 g/mol. The van der Waals surface area contributed by atoms with Gasteiger partial charge in [-0.05, 0) is 44.0 Å². The van der Waals surface area contributed by atoms with E-state index in [0.29, 0.717) is 23.1 Å². The molecule has 1 aromatic heterocycles. The van der Waals surface area contributed by atoms with Crippen LogP contribution in [0.25, 0.3) is 11.4 Å². The van der Waals surface area contributed by atoms with Crippen LogP contribution in [0, 0.1) is 5.82 Å². The molecule has 1 amide bonds. The topological polar surface area (TPSA) is 51.0 Å². The zero-order valence-electron chi connectivity index (χ0n) is 15.8. The van der Waals surface area contributed by atoms with Gasteiger partial charge in [0.1, 0.15) is 5.82 Å². The molecule has 5 nitrogen and oxygen atoms in total. The van der Waals surface area contributed by atoms with Gasteiger partial charge in [-0.15, -0.1) is 10.2 Å². The molecule has 28 heavy (non-hydrogen) atoms. The zero-order valence-corrected chi connectivity index (χ0v) is 16.6. The smallest absolute Gasteiger partial charge is 0.237 e. The van der Waals surface area contributed by atoms with Crippen molar-refractivity contribution >= 4 is 23.4 Å². The lowest BCUT2D eigenvalue weighted by Crippen LogP contribution is -2.30. The van der Waals surface area contributed by atoms with Crippen molar-refractivity contribution in [2.24, 2.45) is 0 Å². The summed E-state index contributed by atoms with van der Waals surface area (Å²) in [7, 11) is 0. The first kappa shape index (κ1) is 18.7. The lowest BCUT2D eigenvalue weighted by atomic mass is 10.2. The molecule has 4 rings (SSSR count). The number of halogens is 1. The second-order valence-electron chi connectivity index (χ2n) is 6.96. The summed E-state index contributed by atoms with van der Waals surface area (Å²) in [4.78, 5) is 14.6. The van der Waals surface area contributed by atoms with Crippen molar-refractivity contribution in [2.75, 3.05) is 17.2 Å². The molecule has 0 spiro atoms. The van der Waals surface area contributed by atoms with Crippen molar-refractivity contribution in [3.05, 3.63) is 59.9 Å². The minimum Gasteiger partial charge on any atom is -0.311 e. The molecule has 0 bridgehead atoms. The Hall–Kier alpha value is -2.67. The van der Waals surface area contributed by atoms with E-state index in [1.54, 1.807) is 18.2 Å². The third-order valence-corrected chi connectivity index (χ3v) is 5.74. The second-order valence-corrected chi connectivity index (χ2v) is 7.91. The Labute approximate surface area is 167 Å². The first-order valence-corrected chi connectivity index (χ1v) is 10.3. The molecule has 0 saturated carbocycles. The standard InChI is InChI=1S/C21H21FN4OS/c1-14(2)26-20(16-8-4-5-9-17(16)22)23-24-21(26)28-13-19(27)25-12-11-15-7-3-6-10-18(15)25/h3-10,14H,11-13H2,1-2H3. The maximum atomic E-state index is 14.2. The van der Waals surface area contributed by atoms with Crippen molar-refractivity contribution in [1.29, 1.82) is 0 Å². The Bertz CT molecular complexity index is 1020. The highest BCUT2D eigenvalue weighted by Gasteiger charge is 2.25. The van der Waals surface area contributed by atoms with Crippen molar-refractivity contribution in [1.82, 2.24) is 14.8 Å². The fraction of sp³-hybridized carbons (Fsp3) is 0.286. The number of amides is 1. The Morgan fingerprint density at radius 2 is 1.89 bits per heavy atom. The fourth-order valence-corrected chi connectivity index (χ4v) is 4.41. The third-order valence-electron chi connectivity index (χ3n) is 4.81. The largest absolute Gasteiger partial charge is 0.311 e. The number of fused-ring (bicyclic) bond motifs is 1. The molecule has 1 aliphatic rings. The van der Waals surface area contributed by atoms with E-state index >= 15 is 0 Å². The Morgan fingerprint density at radius 3 is 2.68 bits per heavy atom. The Balaban J connectivity index is 1.55. The Kier molecular flexibility index (Phi) is 5.17. The van der Waals surface area contributed by atoms with Crippen LogP contribution in [0.15, 0.2) is 53.7 Å². The van der Waals surface area contributed by atoms with Crippen LogP contribution in [-0.4, -0.2) is 33.0 Å². The highest BCUT2D eigenvalue weighted by atomic mass is 32.2. The van der Waals surface area contributed by atoms with Gasteiger partial charge in [0.15, 0.2) is 11.0 Å². The quantitative estimate of drug-likeness (QED) is 0.602. The van der Waals surface area contributed by atoms with Crippen LogP contribution in [-0.2, 0) is 11.2 Å². The maximum Gasteiger partial charge on any atom is 0.237 e. The predicted molar refractivity (Wildman–Crippen MR) is 109 cm³/mol. The second kappa shape index (κ2) is 7.75. The van der Waals surface area contributed by atoms with E-state index in [4.69, 9.17) is 0 Å². The van der Waals surface area contributed by atoms with Gasteiger partial charge in [0.2, 0.25) is 5.91 Å². The molecular weight excluding hydrogens is 375 g/mol. The summed E-state index contributed by atoms with van der Waals surface area (Å²) < 4.78 is 16.1. The number of aromatic nitrogens is 3. The number of carbonyl (C=O) groups is 1. The molecule has 3 aromatic rings. The average Bonchev–Trinajstić information content (AvgIpc) is 3.31. The summed E-state index contributed by atoms with van der Waals surface area (Å²) in [5.41, 5.74) is 2.61. The van der Waals surface area contributed by atoms with E-state index in [9.17, 15) is 9.18 Å². The third kappa shape index (κ3) is 3.42. The molecule has 0 fully saturated rings. The van der Waals surface area contributed by atoms with Crippen molar-refractivity contribution in [3.63, 3.8) is 0 Å². The number of anilines is 1. The number of hydrogen-bond acceptors (Lipinski definition) is 4. The summed E-state index contributed by atoms with van der Waals surface area (Å²) in [6.07, 6.45) is 0.881. The molecule has 2 heterocycles. The normalized spacial score (nSPS) is 13.2. The number of nitrogens with zero attached hydrogens (tertiary/aromatic N) is 4. The molecule has 144 valence electrons. The number of thioether (sulfide) groups is 1. The number of hydrogen-bond donors (Lipinski definition) is 0. The van der Waals surface area contributed by atoms with Gasteiger partial charge in [-0.2, -0.15) is 0 Å². The molecule has 0 unspecified atom stereocenters. The highest BCUT2D eigenvalue weighted by molar-refractivity contribution is 7.99. The first-order valence-electron chi connectivity index (χ1n) is 9.27. The van der Waals surface area contributed by atoms with E-state index in [-0.39, 0.29) is 23.5 Å². The van der Waals surface area contributed by atoms with Gasteiger partial charge in [-0.1, -0.05) is 42.1 Å². The number of rotatable bonds is 5. The summed E-state index contributed by atoms with van der Waals surface area (Å²) in [5.74, 6) is 0.449. The van der Waals surface area contributed by atoms with E-state index < -0.39 is 0 Å². The van der Waals surface area contributed by atoms with Crippen LogP contribution in [0.1, 0.15) is 25.5 Å². The minimum atomic E-state index is -0.335. The van der Waals surface area contributed by atoms with Gasteiger partial charge in [0.05, 0.1) is 11.3 Å². The Morgan fingerprint density at radius 1 is 1.14 bits per heavy atom. The maximum absolute atomic E-state index is 14.2. The number of carbonyl (C=O) groups excluding carboxylic acids is 1. The molecule has 1 aliphatic heterocycles. The molecular formula is C21H21FN4OS. The summed E-state index contributed by atoms with van der Waals surface area (Å²) in [5, 5.41) is 9.06. The van der Waals surface area contributed by atoms with Gasteiger partial charge in [-0.25, -0.2) is 4.39 Å². The van der Waals surface area contributed by atoms with Crippen LogP contribution in [0.3, 0.4) is 0 Å². The van der Waals surface area contributed by atoms with Gasteiger partial charge in [0, 0.05) is 18.3 Å². The summed E-state index contributed by atoms with van der Waals surface area (Å²) >= 11 is 1.34. The zero-order chi connectivity index (χ0) is 19.7. The van der Waals surface area contributed by atoms with Crippen molar-refractivity contribution < 1.29 is 9.18 Å². The lowest BCUT2D eigenvalue weighted by Gasteiger charge is -2.18. The van der Waals surface area contributed by atoms with E-state index in [1.807, 2.05) is 41.5 Å². The highest BCUT2D eigenvalue weighted by Crippen LogP contribution is 2.31. The SMILES string of the molecule is CC(C)n1c(SCC(=O)N2CCc3ccccc32)nnc1-c1ccccc1F. The first-order chi connectivity index (χ1) is 13.6. The molecule has 2 aromatic carbocycles. The molecule has 0 N–H and O–H groups in total. The number of para-hydroxylation sites is 1. The molecule has 0 aliphatic carbocycles. The van der Waals surface area contributed by atoms with Gasteiger partial charge < -0.3 is 4.90 Å². The van der Waals surface area contributed by atoms with E-state index in [2.05, 4.69) is 16.3 Å². The van der Waals surface area contributed by atoms with Crippen LogP contribution >= 0.6 is 11.8 Å². The molecule has 0 radical (unpaired) electrons. The lowest BCUT2D eigenvalue weighted by molar-refractivity contribution is -0.116. The van der Waals surface area contributed by atoms with Crippen molar-refractivity contribution in [2.45, 2.75) is 31.5 Å². The molecule has 7 heteroatoms. The monoisotopic (exact) mass is 396 g/mol. The minimum absolute atomic E-state index is 0.0368. The predicted octanol–water partition coefficient (Wildman–Crippen LogP) is 4.35. The van der Waals surface area contributed by atoms with Crippen LogP contribution < -0.4 is 4.90 Å². The van der Waals surface area contributed by atoms with Gasteiger partial charge >= 0.3 is 0 Å². The van der Waals surface area contributed by atoms with Crippen molar-refractivity contribution in [3.8, 4) is 11.4 Å². The van der Waals surface area contributed by atoms with E-state index in [1.165, 1.54) is 23.4 Å². The van der Waals surface area contributed by atoms with E-state index in [0.717, 1.165) is 12.1 Å². The number of benzene rings is 2. The summed E-state index contributed by atoms with van der Waals surface area (Å²) in [6, 6.07) is 14.6. The van der Waals surface area contributed by atoms with Crippen LogP contribution in [0.2, 0.25) is 0 Å². The van der Waals surface area contributed by atoms with Crippen LogP contribution in [0.4, 0.5) is 10.1 Å². The van der Waals surface area contributed by atoms with Gasteiger partial charge in [0.25, 0.3) is 0 Å². The summed E-state index contributed by atoms with van der Waals surface area (Å²) in [6.45, 7) is 4.70. The van der Waals surface area contributed by atoms with Crippen LogP contribution in [0.5, 0.6) is 0 Å². The fourth-order valence-electron chi connectivity index (χ4n) is 3.47. The van der Waals surface area contributed by atoms with Gasteiger partial charge in [-0.3, -0.25) is 9.36 Å².